The molecule has 3 aromatic heterocycles. The van der Waals surface area contributed by atoms with Gasteiger partial charge in [0.05, 0.1) is 6.20 Å². The van der Waals surface area contributed by atoms with Crippen LogP contribution < -0.4 is 20.3 Å². The lowest BCUT2D eigenvalue weighted by atomic mass is 9.96. The Kier molecular flexibility index (Phi) is 6.57. The van der Waals surface area contributed by atoms with Gasteiger partial charge in [-0.2, -0.15) is 22.7 Å². The molecule has 6 rings (SSSR count). The maximum atomic E-state index is 11.9. The number of halogens is 1. The number of anilines is 1. The van der Waals surface area contributed by atoms with Gasteiger partial charge in [-0.25, -0.2) is 15.1 Å². The standard InChI is InChI=1S/C24H27ClN8O5S/c1-13-10-28-23(38-13)16-9-18-17(36-12-37-18)7-15(16)8-19-29-20-21(26)30-24(25)31-22(20)33(19)6-4-14-3-2-5-32(11-14)39(27,34)35/h7,9-10,14H,2-6,8,11-12H2,1H3,(H2,26,30,31)(H2,27,34,35). The number of rotatable bonds is 7. The van der Waals surface area contributed by atoms with Gasteiger partial charge in [0, 0.05) is 31.6 Å². The quantitative estimate of drug-likeness (QED) is 0.312. The van der Waals surface area contributed by atoms with Crippen molar-refractivity contribution in [3.05, 3.63) is 40.8 Å². The SMILES string of the molecule is Cc1cnc(-c2cc3c(cc2Cc2nc4c(N)nc(Cl)nc4n2CCC2CCCN(S(N)(=O)=O)C2)OCO3)o1. The van der Waals surface area contributed by atoms with Gasteiger partial charge in [0.15, 0.2) is 28.5 Å². The molecule has 1 atom stereocenters. The summed E-state index contributed by atoms with van der Waals surface area (Å²) in [6, 6.07) is 3.75. The van der Waals surface area contributed by atoms with Crippen molar-refractivity contribution in [1.29, 1.82) is 0 Å². The number of nitrogen functional groups attached to an aromatic ring is 1. The molecule has 1 saturated heterocycles. The van der Waals surface area contributed by atoms with Gasteiger partial charge in [0.1, 0.15) is 11.6 Å². The van der Waals surface area contributed by atoms with Gasteiger partial charge in [-0.1, -0.05) is 0 Å². The van der Waals surface area contributed by atoms with E-state index in [1.54, 1.807) is 6.20 Å². The molecule has 39 heavy (non-hydrogen) atoms. The zero-order chi connectivity index (χ0) is 27.3. The van der Waals surface area contributed by atoms with Crippen molar-refractivity contribution >= 4 is 38.8 Å². The average molecular weight is 575 g/mol. The normalized spacial score (nSPS) is 17.8. The summed E-state index contributed by atoms with van der Waals surface area (Å²) >= 11 is 6.17. The first-order valence-corrected chi connectivity index (χ1v) is 14.3. The minimum Gasteiger partial charge on any atom is -0.454 e. The third-order valence-corrected chi connectivity index (χ3v) is 8.30. The molecule has 4 aromatic rings. The number of fused-ring (bicyclic) bond motifs is 2. The van der Waals surface area contributed by atoms with E-state index >= 15 is 0 Å². The molecule has 1 aromatic carbocycles. The van der Waals surface area contributed by atoms with Crippen LogP contribution in [-0.4, -0.2) is 57.1 Å². The average Bonchev–Trinajstić information content (AvgIpc) is 3.60. The van der Waals surface area contributed by atoms with Crippen molar-refractivity contribution < 1.29 is 22.3 Å². The van der Waals surface area contributed by atoms with Crippen LogP contribution in [0.2, 0.25) is 5.28 Å². The van der Waals surface area contributed by atoms with E-state index in [-0.39, 0.29) is 23.8 Å². The summed E-state index contributed by atoms with van der Waals surface area (Å²) < 4.78 is 44.2. The molecule has 1 fully saturated rings. The van der Waals surface area contributed by atoms with Gasteiger partial charge in [-0.05, 0) is 61.4 Å². The topological polar surface area (TPSA) is 178 Å². The second-order valence-electron chi connectivity index (χ2n) is 9.75. The van der Waals surface area contributed by atoms with Gasteiger partial charge in [0.2, 0.25) is 18.0 Å². The van der Waals surface area contributed by atoms with Crippen LogP contribution in [0.4, 0.5) is 5.82 Å². The summed E-state index contributed by atoms with van der Waals surface area (Å²) in [5.74, 6) is 3.33. The number of piperidine rings is 1. The summed E-state index contributed by atoms with van der Waals surface area (Å²) in [4.78, 5) is 17.7. The van der Waals surface area contributed by atoms with Crippen LogP contribution in [0.5, 0.6) is 11.5 Å². The number of imidazole rings is 1. The van der Waals surface area contributed by atoms with E-state index in [1.807, 2.05) is 23.6 Å². The summed E-state index contributed by atoms with van der Waals surface area (Å²) in [5, 5.41) is 5.41. The zero-order valence-corrected chi connectivity index (χ0v) is 22.7. The Morgan fingerprint density at radius 2 is 1.97 bits per heavy atom. The minimum absolute atomic E-state index is 0.0183. The molecule has 206 valence electrons. The van der Waals surface area contributed by atoms with Crippen molar-refractivity contribution in [2.24, 2.45) is 11.1 Å². The number of oxazole rings is 1. The summed E-state index contributed by atoms with van der Waals surface area (Å²) in [5.41, 5.74) is 8.73. The third-order valence-electron chi connectivity index (χ3n) is 7.07. The fourth-order valence-electron chi connectivity index (χ4n) is 5.19. The van der Waals surface area contributed by atoms with E-state index in [0.29, 0.717) is 72.6 Å². The van der Waals surface area contributed by atoms with Crippen LogP contribution >= 0.6 is 11.6 Å². The summed E-state index contributed by atoms with van der Waals surface area (Å²) in [7, 11) is -3.74. The summed E-state index contributed by atoms with van der Waals surface area (Å²) in [6.45, 7) is 3.27. The Balaban J connectivity index is 1.38. The number of benzene rings is 1. The maximum absolute atomic E-state index is 11.9. The molecular formula is C24H27ClN8O5S. The van der Waals surface area contributed by atoms with Crippen LogP contribution in [0.15, 0.2) is 22.7 Å². The molecule has 5 heterocycles. The van der Waals surface area contributed by atoms with E-state index in [4.69, 9.17) is 41.3 Å². The Morgan fingerprint density at radius 1 is 1.18 bits per heavy atom. The molecule has 4 N–H and O–H groups in total. The molecule has 2 aliphatic heterocycles. The van der Waals surface area contributed by atoms with Gasteiger partial charge in [-0.15, -0.1) is 0 Å². The molecule has 13 nitrogen and oxygen atoms in total. The van der Waals surface area contributed by atoms with E-state index in [9.17, 15) is 8.42 Å². The molecular weight excluding hydrogens is 548 g/mol. The van der Waals surface area contributed by atoms with E-state index < -0.39 is 10.2 Å². The number of hydrogen-bond acceptors (Lipinski definition) is 10. The fraction of sp³-hybridized carbons (Fsp3) is 0.417. The lowest BCUT2D eigenvalue weighted by Gasteiger charge is -2.30. The van der Waals surface area contributed by atoms with Crippen LogP contribution in [0.25, 0.3) is 22.6 Å². The number of aryl methyl sites for hydroxylation is 2. The number of aromatic nitrogens is 5. The molecule has 2 aliphatic rings. The van der Waals surface area contributed by atoms with Crippen molar-refractivity contribution in [2.45, 2.75) is 39.2 Å². The predicted octanol–water partition coefficient (Wildman–Crippen LogP) is 2.65. The molecule has 0 spiro atoms. The second kappa shape index (κ2) is 9.93. The van der Waals surface area contributed by atoms with Crippen LogP contribution in [0.3, 0.4) is 0 Å². The Bertz CT molecular complexity index is 1670. The van der Waals surface area contributed by atoms with Gasteiger partial charge >= 0.3 is 0 Å². The highest BCUT2D eigenvalue weighted by Crippen LogP contribution is 2.39. The second-order valence-corrected chi connectivity index (χ2v) is 11.6. The lowest BCUT2D eigenvalue weighted by Crippen LogP contribution is -2.43. The van der Waals surface area contributed by atoms with Crippen molar-refractivity contribution in [1.82, 2.24) is 28.8 Å². The number of nitrogens with two attached hydrogens (primary N) is 2. The molecule has 0 bridgehead atoms. The van der Waals surface area contributed by atoms with Gasteiger partial charge in [0.25, 0.3) is 10.2 Å². The predicted molar refractivity (Wildman–Crippen MR) is 142 cm³/mol. The largest absolute Gasteiger partial charge is 0.454 e. The number of hydrogen-bond donors (Lipinski definition) is 2. The smallest absolute Gasteiger partial charge is 0.276 e. The molecule has 15 heteroatoms. The highest BCUT2D eigenvalue weighted by atomic mass is 35.5. The summed E-state index contributed by atoms with van der Waals surface area (Å²) in [6.07, 6.45) is 4.34. The third kappa shape index (κ3) is 5.12. The fourth-order valence-corrected chi connectivity index (χ4v) is 6.17. The highest BCUT2D eigenvalue weighted by Gasteiger charge is 2.28. The van der Waals surface area contributed by atoms with Crippen molar-refractivity contribution in [3.63, 3.8) is 0 Å². The van der Waals surface area contributed by atoms with E-state index in [1.165, 1.54) is 4.31 Å². The van der Waals surface area contributed by atoms with Crippen LogP contribution in [-0.2, 0) is 23.2 Å². The number of nitrogens with zero attached hydrogens (tertiary/aromatic N) is 6. The van der Waals surface area contributed by atoms with E-state index in [2.05, 4.69) is 15.0 Å². The van der Waals surface area contributed by atoms with Crippen molar-refractivity contribution in [2.75, 3.05) is 25.6 Å². The highest BCUT2D eigenvalue weighted by molar-refractivity contribution is 7.86. The first kappa shape index (κ1) is 25.8. The molecule has 1 unspecified atom stereocenters. The Hall–Kier alpha value is -3.46. The molecule has 0 amide bonds. The number of ether oxygens (including phenoxy) is 2. The van der Waals surface area contributed by atoms with E-state index in [0.717, 1.165) is 24.0 Å². The first-order chi connectivity index (χ1) is 18.7. The maximum Gasteiger partial charge on any atom is 0.276 e. The molecule has 0 saturated carbocycles. The molecule has 0 radical (unpaired) electrons. The Morgan fingerprint density at radius 3 is 2.72 bits per heavy atom. The van der Waals surface area contributed by atoms with Gasteiger partial charge in [-0.3, -0.25) is 0 Å². The van der Waals surface area contributed by atoms with Gasteiger partial charge < -0.3 is 24.2 Å². The zero-order valence-electron chi connectivity index (χ0n) is 21.1. The minimum atomic E-state index is -3.74. The monoisotopic (exact) mass is 574 g/mol. The van der Waals surface area contributed by atoms with Crippen LogP contribution in [0.1, 0.15) is 36.4 Å². The molecule has 0 aliphatic carbocycles. The van der Waals surface area contributed by atoms with Crippen LogP contribution in [0, 0.1) is 12.8 Å². The Labute approximate surface area is 229 Å². The van der Waals surface area contributed by atoms with Crippen molar-refractivity contribution in [3.8, 4) is 23.0 Å². The lowest BCUT2D eigenvalue weighted by molar-refractivity contribution is 0.174. The first-order valence-electron chi connectivity index (χ1n) is 12.5.